The molecule has 18 heavy (non-hydrogen) atoms. The number of carbonyl (C=O) groups excluding carboxylic acids is 1. The number of benzene rings is 1. The Kier molecular flexibility index (Phi) is 3.72. The number of hydrogen-bond acceptors (Lipinski definition) is 3. The van der Waals surface area contributed by atoms with Gasteiger partial charge in [0.1, 0.15) is 5.82 Å². The Morgan fingerprint density at radius 1 is 1.39 bits per heavy atom. The van der Waals surface area contributed by atoms with Gasteiger partial charge in [-0.05, 0) is 25.3 Å². The Morgan fingerprint density at radius 3 is 2.72 bits per heavy atom. The van der Waals surface area contributed by atoms with Crippen molar-refractivity contribution in [2.45, 2.75) is 11.8 Å². The number of nitrogens with zero attached hydrogens (tertiary/aromatic N) is 2. The average molecular weight is 261 g/mol. The van der Waals surface area contributed by atoms with Gasteiger partial charge in [-0.2, -0.15) is 5.10 Å². The lowest BCUT2D eigenvalue weighted by molar-refractivity contribution is 0.102. The topological polar surface area (TPSA) is 46.9 Å². The van der Waals surface area contributed by atoms with Crippen molar-refractivity contribution in [1.29, 1.82) is 0 Å². The molecule has 1 N–H and O–H groups in total. The molecule has 0 aliphatic heterocycles. The summed E-state index contributed by atoms with van der Waals surface area (Å²) >= 11 is 1.56. The highest BCUT2D eigenvalue weighted by molar-refractivity contribution is 7.98. The molecule has 1 aromatic carbocycles. The molecular weight excluding hydrogens is 246 g/mol. The van der Waals surface area contributed by atoms with Gasteiger partial charge >= 0.3 is 0 Å². The number of rotatable bonds is 3. The van der Waals surface area contributed by atoms with Crippen LogP contribution in [0, 0.1) is 6.92 Å². The van der Waals surface area contributed by atoms with Crippen LogP contribution in [0.1, 0.15) is 16.1 Å². The molecule has 0 aliphatic rings. The number of nitrogens with one attached hydrogen (secondary N) is 1. The van der Waals surface area contributed by atoms with E-state index in [2.05, 4.69) is 10.4 Å². The second-order valence-electron chi connectivity index (χ2n) is 3.95. The molecule has 1 aromatic heterocycles. The summed E-state index contributed by atoms with van der Waals surface area (Å²) in [5, 5.41) is 7.07. The van der Waals surface area contributed by atoms with Crippen LogP contribution in [0.15, 0.2) is 35.2 Å². The summed E-state index contributed by atoms with van der Waals surface area (Å²) in [4.78, 5) is 13.2. The predicted octanol–water partition coefficient (Wildman–Crippen LogP) is 2.70. The van der Waals surface area contributed by atoms with E-state index in [4.69, 9.17) is 0 Å². The lowest BCUT2D eigenvalue weighted by Crippen LogP contribution is -2.15. The summed E-state index contributed by atoms with van der Waals surface area (Å²) in [6.45, 7) is 1.89. The van der Waals surface area contributed by atoms with Crippen LogP contribution < -0.4 is 5.32 Å². The van der Waals surface area contributed by atoms with E-state index in [1.807, 2.05) is 50.6 Å². The molecule has 0 saturated heterocycles. The number of thioether (sulfide) groups is 1. The maximum absolute atomic E-state index is 12.2. The van der Waals surface area contributed by atoms with E-state index >= 15 is 0 Å². The summed E-state index contributed by atoms with van der Waals surface area (Å²) < 4.78 is 1.66. The van der Waals surface area contributed by atoms with Gasteiger partial charge in [0.05, 0.1) is 11.3 Å². The highest BCUT2D eigenvalue weighted by atomic mass is 32.2. The smallest absolute Gasteiger partial charge is 0.257 e. The maximum Gasteiger partial charge on any atom is 0.257 e. The minimum atomic E-state index is -0.108. The molecule has 5 heteroatoms. The molecule has 0 spiro atoms. The molecule has 4 nitrogen and oxygen atoms in total. The fourth-order valence-corrected chi connectivity index (χ4v) is 2.34. The van der Waals surface area contributed by atoms with Crippen LogP contribution in [0.3, 0.4) is 0 Å². The molecular formula is C13H15N3OS. The zero-order valence-corrected chi connectivity index (χ0v) is 11.4. The number of aryl methyl sites for hydroxylation is 2. The summed E-state index contributed by atoms with van der Waals surface area (Å²) in [6, 6.07) is 9.40. The van der Waals surface area contributed by atoms with Gasteiger partial charge in [0.15, 0.2) is 0 Å². The Bertz CT molecular complexity index is 577. The van der Waals surface area contributed by atoms with Gasteiger partial charge in [-0.25, -0.2) is 0 Å². The van der Waals surface area contributed by atoms with Crippen molar-refractivity contribution in [3.05, 3.63) is 41.6 Å². The van der Waals surface area contributed by atoms with E-state index in [0.29, 0.717) is 11.4 Å². The Labute approximate surface area is 110 Å². The van der Waals surface area contributed by atoms with Gasteiger partial charge in [0.2, 0.25) is 0 Å². The maximum atomic E-state index is 12.2. The molecule has 0 bridgehead atoms. The first-order chi connectivity index (χ1) is 8.61. The van der Waals surface area contributed by atoms with Crippen LogP contribution in [0.5, 0.6) is 0 Å². The molecule has 2 rings (SSSR count). The Balaban J connectivity index is 2.24. The standard InChI is InChI=1S/C13H15N3OS/c1-9-8-12(16(2)15-9)14-13(17)10-6-4-5-7-11(10)18-3/h4-8H,1-3H3,(H,14,17). The van der Waals surface area contributed by atoms with Crippen molar-refractivity contribution < 1.29 is 4.79 Å². The van der Waals surface area contributed by atoms with Crippen molar-refractivity contribution in [2.75, 3.05) is 11.6 Å². The van der Waals surface area contributed by atoms with E-state index in [0.717, 1.165) is 10.6 Å². The molecule has 0 saturated carbocycles. The summed E-state index contributed by atoms with van der Waals surface area (Å²) in [5.74, 6) is 0.594. The van der Waals surface area contributed by atoms with Crippen molar-refractivity contribution in [3.63, 3.8) is 0 Å². The second kappa shape index (κ2) is 5.27. The highest BCUT2D eigenvalue weighted by Gasteiger charge is 2.12. The highest BCUT2D eigenvalue weighted by Crippen LogP contribution is 2.21. The molecule has 0 unspecified atom stereocenters. The SMILES string of the molecule is CSc1ccccc1C(=O)Nc1cc(C)nn1C. The van der Waals surface area contributed by atoms with Crippen LogP contribution in [0.4, 0.5) is 5.82 Å². The molecule has 1 heterocycles. The zero-order valence-electron chi connectivity index (χ0n) is 10.6. The third-order valence-electron chi connectivity index (χ3n) is 2.60. The lowest BCUT2D eigenvalue weighted by Gasteiger charge is -2.08. The minimum Gasteiger partial charge on any atom is -0.307 e. The molecule has 1 amide bonds. The second-order valence-corrected chi connectivity index (χ2v) is 4.80. The normalized spacial score (nSPS) is 10.4. The number of carbonyl (C=O) groups is 1. The van der Waals surface area contributed by atoms with E-state index in [1.165, 1.54) is 0 Å². The van der Waals surface area contributed by atoms with Gasteiger partial charge < -0.3 is 5.32 Å². The van der Waals surface area contributed by atoms with Gasteiger partial charge in [-0.3, -0.25) is 9.48 Å². The number of aromatic nitrogens is 2. The van der Waals surface area contributed by atoms with Crippen molar-refractivity contribution in [3.8, 4) is 0 Å². The lowest BCUT2D eigenvalue weighted by atomic mass is 10.2. The number of amides is 1. The van der Waals surface area contributed by atoms with Gasteiger partial charge in [0.25, 0.3) is 5.91 Å². The van der Waals surface area contributed by atoms with Gasteiger partial charge in [-0.1, -0.05) is 12.1 Å². The molecule has 0 radical (unpaired) electrons. The van der Waals surface area contributed by atoms with Crippen LogP contribution in [-0.2, 0) is 7.05 Å². The number of hydrogen-bond donors (Lipinski definition) is 1. The largest absolute Gasteiger partial charge is 0.307 e. The van der Waals surface area contributed by atoms with Gasteiger partial charge in [-0.15, -0.1) is 11.8 Å². The molecule has 0 aliphatic carbocycles. The first kappa shape index (κ1) is 12.7. The van der Waals surface area contributed by atoms with Crippen LogP contribution in [0.2, 0.25) is 0 Å². The molecule has 94 valence electrons. The Morgan fingerprint density at radius 2 is 2.11 bits per heavy atom. The van der Waals surface area contributed by atoms with E-state index in [9.17, 15) is 4.79 Å². The first-order valence-electron chi connectivity index (χ1n) is 5.57. The third-order valence-corrected chi connectivity index (χ3v) is 3.39. The fraction of sp³-hybridized carbons (Fsp3) is 0.231. The van der Waals surface area contributed by atoms with Crippen LogP contribution in [-0.4, -0.2) is 21.9 Å². The van der Waals surface area contributed by atoms with E-state index < -0.39 is 0 Å². The van der Waals surface area contributed by atoms with Crippen LogP contribution in [0.25, 0.3) is 0 Å². The van der Waals surface area contributed by atoms with Gasteiger partial charge in [0, 0.05) is 18.0 Å². The minimum absolute atomic E-state index is 0.108. The van der Waals surface area contributed by atoms with E-state index in [1.54, 1.807) is 16.4 Å². The predicted molar refractivity (Wildman–Crippen MR) is 74.1 cm³/mol. The monoisotopic (exact) mass is 261 g/mol. The van der Waals surface area contributed by atoms with Crippen molar-refractivity contribution >= 4 is 23.5 Å². The molecule has 0 fully saturated rings. The average Bonchev–Trinajstić information content (AvgIpc) is 2.67. The number of anilines is 1. The van der Waals surface area contributed by atoms with Crippen molar-refractivity contribution in [1.82, 2.24) is 9.78 Å². The zero-order chi connectivity index (χ0) is 13.1. The van der Waals surface area contributed by atoms with Crippen molar-refractivity contribution in [2.24, 2.45) is 7.05 Å². The van der Waals surface area contributed by atoms with E-state index in [-0.39, 0.29) is 5.91 Å². The quantitative estimate of drug-likeness (QED) is 0.864. The fourth-order valence-electron chi connectivity index (χ4n) is 1.74. The third kappa shape index (κ3) is 2.56. The summed E-state index contributed by atoms with van der Waals surface area (Å²) in [7, 11) is 1.81. The summed E-state index contributed by atoms with van der Waals surface area (Å²) in [6.07, 6.45) is 1.96. The first-order valence-corrected chi connectivity index (χ1v) is 6.79. The molecule has 0 atom stereocenters. The summed E-state index contributed by atoms with van der Waals surface area (Å²) in [5.41, 5.74) is 1.56. The van der Waals surface area contributed by atoms with Crippen LogP contribution >= 0.6 is 11.8 Å². The Hall–Kier alpha value is -1.75. The molecule has 2 aromatic rings.